The highest BCUT2D eigenvalue weighted by Crippen LogP contribution is 2.37. The average molecular weight is 812 g/mol. The number of alkyl halides is 9. The number of carbonyl (C=O) groups is 1. The van der Waals surface area contributed by atoms with Gasteiger partial charge in [-0.3, -0.25) is 24.6 Å². The molecule has 9 nitrogen and oxygen atoms in total. The van der Waals surface area contributed by atoms with Gasteiger partial charge < -0.3 is 5.32 Å². The Morgan fingerprint density at radius 3 is 1.96 bits per heavy atom. The zero-order valence-electron chi connectivity index (χ0n) is 24.7. The van der Waals surface area contributed by atoms with E-state index in [-0.39, 0.29) is 40.1 Å². The fourth-order valence-corrected chi connectivity index (χ4v) is 5.79. The number of carbonyl (C=O) groups excluding carboxylic acids is 1. The number of nitro benzene ring substituents is 1. The second-order valence-corrected chi connectivity index (χ2v) is 12.8. The molecule has 0 aliphatic heterocycles. The highest BCUT2D eigenvalue weighted by molar-refractivity contribution is 7.92. The Morgan fingerprint density at radius 1 is 0.784 bits per heavy atom. The maximum Gasteiger partial charge on any atom is 0.417 e. The zero-order valence-corrected chi connectivity index (χ0v) is 27.8. The van der Waals surface area contributed by atoms with Crippen LogP contribution in [-0.4, -0.2) is 30.8 Å². The summed E-state index contributed by atoms with van der Waals surface area (Å²) in [6.45, 7) is -0.150. The van der Waals surface area contributed by atoms with Crippen molar-refractivity contribution < 1.29 is 57.6 Å². The molecule has 0 aliphatic rings. The van der Waals surface area contributed by atoms with Gasteiger partial charge in [-0.15, -0.1) is 0 Å². The summed E-state index contributed by atoms with van der Waals surface area (Å²) in [7, 11) is -4.43. The minimum absolute atomic E-state index is 0.0447. The zero-order chi connectivity index (χ0) is 38.5. The molecule has 0 atom stereocenters. The number of nitrogens with zero attached hydrogens (tertiary/aromatic N) is 2. The molecular formula is C29H18Cl3F9N4O5S. The van der Waals surface area contributed by atoms with E-state index in [0.29, 0.717) is 18.3 Å². The second-order valence-electron chi connectivity index (χ2n) is 9.87. The molecule has 0 fully saturated rings. The van der Waals surface area contributed by atoms with Crippen molar-refractivity contribution in [3.8, 4) is 0 Å². The smallest absolute Gasteiger partial charge is 0.352 e. The average Bonchev–Trinajstić information content (AvgIpc) is 3.01. The quantitative estimate of drug-likeness (QED) is 0.104. The van der Waals surface area contributed by atoms with Gasteiger partial charge in [0.15, 0.2) is 0 Å². The number of hydrogen-bond donors (Lipinski definition) is 2. The van der Waals surface area contributed by atoms with E-state index in [1.807, 2.05) is 4.72 Å². The Kier molecular flexibility index (Phi) is 12.8. The third-order valence-corrected chi connectivity index (χ3v) is 8.66. The van der Waals surface area contributed by atoms with Crippen LogP contribution in [0.4, 0.5) is 50.9 Å². The van der Waals surface area contributed by atoms with Gasteiger partial charge >= 0.3 is 18.5 Å². The monoisotopic (exact) mass is 810 g/mol. The number of aromatic nitrogens is 1. The SMILES string of the molecule is O=C(NCCc1ncc(C(F)(F)F)cc1Cl)c1ccccc1C(F)(F)F.O=[N+]([O-])c1ccc(NS(=O)(=O)c2ccc(Cl)c(C(F)(F)F)c2)c(Cl)c1. The lowest BCUT2D eigenvalue weighted by Gasteiger charge is -2.13. The van der Waals surface area contributed by atoms with Crippen LogP contribution in [0.5, 0.6) is 0 Å². The van der Waals surface area contributed by atoms with Crippen molar-refractivity contribution in [3.05, 3.63) is 126 Å². The first kappa shape index (κ1) is 41.1. The van der Waals surface area contributed by atoms with E-state index in [9.17, 15) is 62.8 Å². The van der Waals surface area contributed by atoms with Crippen molar-refractivity contribution in [1.82, 2.24) is 10.3 Å². The van der Waals surface area contributed by atoms with Crippen molar-refractivity contribution in [3.63, 3.8) is 0 Å². The number of rotatable bonds is 8. The van der Waals surface area contributed by atoms with Crippen LogP contribution >= 0.6 is 34.8 Å². The first-order valence-corrected chi connectivity index (χ1v) is 16.0. The summed E-state index contributed by atoms with van der Waals surface area (Å²) >= 11 is 16.9. The second kappa shape index (κ2) is 15.9. The van der Waals surface area contributed by atoms with E-state index in [2.05, 4.69) is 10.3 Å². The topological polar surface area (TPSA) is 131 Å². The molecular weight excluding hydrogens is 794 g/mol. The summed E-state index contributed by atoms with van der Waals surface area (Å²) in [5, 5.41) is 11.7. The molecule has 0 spiro atoms. The molecule has 4 rings (SSSR count). The van der Waals surface area contributed by atoms with E-state index >= 15 is 0 Å². The number of halogens is 12. The molecule has 1 amide bonds. The van der Waals surface area contributed by atoms with Crippen LogP contribution in [0.1, 0.15) is 32.7 Å². The number of hydrogen-bond acceptors (Lipinski definition) is 6. The first-order valence-electron chi connectivity index (χ1n) is 13.4. The van der Waals surface area contributed by atoms with Crippen molar-refractivity contribution in [2.45, 2.75) is 29.8 Å². The molecule has 274 valence electrons. The Labute approximate surface area is 296 Å². The summed E-state index contributed by atoms with van der Waals surface area (Å²) < 4.78 is 141. The molecule has 0 aliphatic carbocycles. The number of pyridine rings is 1. The van der Waals surface area contributed by atoms with Gasteiger partial charge in [0.1, 0.15) is 0 Å². The van der Waals surface area contributed by atoms with Crippen LogP contribution in [0.3, 0.4) is 0 Å². The number of non-ortho nitro benzene ring substituents is 1. The lowest BCUT2D eigenvalue weighted by Crippen LogP contribution is -2.28. The normalized spacial score (nSPS) is 12.1. The third-order valence-electron chi connectivity index (χ3n) is 6.33. The van der Waals surface area contributed by atoms with Crippen LogP contribution in [-0.2, 0) is 35.0 Å². The van der Waals surface area contributed by atoms with Gasteiger partial charge in [0.2, 0.25) is 0 Å². The molecule has 2 N–H and O–H groups in total. The van der Waals surface area contributed by atoms with Gasteiger partial charge in [-0.2, -0.15) is 39.5 Å². The molecule has 51 heavy (non-hydrogen) atoms. The van der Waals surface area contributed by atoms with E-state index in [0.717, 1.165) is 48.5 Å². The summed E-state index contributed by atoms with van der Waals surface area (Å²) in [5.41, 5.74) is -4.48. The fraction of sp³-hybridized carbons (Fsp3) is 0.172. The molecule has 0 saturated heterocycles. The molecule has 1 aromatic heterocycles. The Morgan fingerprint density at radius 2 is 1.41 bits per heavy atom. The van der Waals surface area contributed by atoms with Gasteiger partial charge in [-0.05, 0) is 42.5 Å². The number of sulfonamides is 1. The molecule has 4 aromatic rings. The van der Waals surface area contributed by atoms with E-state index in [1.165, 1.54) is 6.07 Å². The van der Waals surface area contributed by atoms with Crippen molar-refractivity contribution in [2.75, 3.05) is 11.3 Å². The Hall–Kier alpha value is -4.33. The predicted molar refractivity (Wildman–Crippen MR) is 167 cm³/mol. The molecule has 0 radical (unpaired) electrons. The summed E-state index contributed by atoms with van der Waals surface area (Å²) in [6.07, 6.45) is -13.6. The highest BCUT2D eigenvalue weighted by Gasteiger charge is 2.36. The van der Waals surface area contributed by atoms with Crippen molar-refractivity contribution in [1.29, 1.82) is 0 Å². The lowest BCUT2D eigenvalue weighted by atomic mass is 10.1. The Balaban J connectivity index is 0.000000276. The predicted octanol–water partition coefficient (Wildman–Crippen LogP) is 9.47. The van der Waals surface area contributed by atoms with E-state index in [4.69, 9.17) is 34.8 Å². The molecule has 1 heterocycles. The third kappa shape index (κ3) is 11.1. The Bertz CT molecular complexity index is 2050. The summed E-state index contributed by atoms with van der Waals surface area (Å²) in [5.74, 6) is -0.957. The number of nitrogens with one attached hydrogen (secondary N) is 2. The molecule has 22 heteroatoms. The first-order chi connectivity index (χ1) is 23.4. The minimum Gasteiger partial charge on any atom is -0.352 e. The number of nitro groups is 1. The van der Waals surface area contributed by atoms with E-state index < -0.39 is 71.6 Å². The maximum atomic E-state index is 12.9. The fourth-order valence-electron chi connectivity index (χ4n) is 3.92. The number of benzene rings is 3. The van der Waals surface area contributed by atoms with Gasteiger partial charge in [-0.1, -0.05) is 46.9 Å². The van der Waals surface area contributed by atoms with Crippen LogP contribution in [0, 0.1) is 10.1 Å². The van der Waals surface area contributed by atoms with Crippen LogP contribution in [0.15, 0.2) is 77.8 Å². The largest absolute Gasteiger partial charge is 0.417 e. The summed E-state index contributed by atoms with van der Waals surface area (Å²) in [4.78, 5) is 24.7. The molecule has 0 saturated carbocycles. The van der Waals surface area contributed by atoms with Gasteiger partial charge in [0.25, 0.3) is 21.6 Å². The molecule has 3 aromatic carbocycles. The van der Waals surface area contributed by atoms with Gasteiger partial charge in [-0.25, -0.2) is 8.42 Å². The summed E-state index contributed by atoms with van der Waals surface area (Å²) in [6, 6.07) is 9.95. The van der Waals surface area contributed by atoms with E-state index in [1.54, 1.807) is 0 Å². The number of amides is 1. The maximum absolute atomic E-state index is 12.9. The van der Waals surface area contributed by atoms with Crippen LogP contribution in [0.2, 0.25) is 15.1 Å². The van der Waals surface area contributed by atoms with Crippen LogP contribution in [0.25, 0.3) is 0 Å². The number of anilines is 1. The van der Waals surface area contributed by atoms with Crippen molar-refractivity contribution >= 4 is 62.1 Å². The minimum atomic E-state index is -4.84. The standard InChI is InChI=1S/C16H11ClF6N2O.C13H7Cl2F3N2O4S/c17-12-7-9(15(18,19)20)8-25-13(12)5-6-24-14(26)10-3-1-2-4-11(10)16(21,22)23;14-10-3-2-8(6-9(10)13(16,17)18)25(23,24)19-12-4-1-7(20(21)22)5-11(12)15/h1-4,7-8H,5-6H2,(H,24,26);1-6,19H. The molecule has 0 bridgehead atoms. The lowest BCUT2D eigenvalue weighted by molar-refractivity contribution is -0.384. The van der Waals surface area contributed by atoms with Gasteiger partial charge in [0.05, 0.1) is 58.5 Å². The highest BCUT2D eigenvalue weighted by atomic mass is 35.5. The molecule has 0 unspecified atom stereocenters. The van der Waals surface area contributed by atoms with Crippen LogP contribution < -0.4 is 10.0 Å². The van der Waals surface area contributed by atoms with Gasteiger partial charge in [0, 0.05) is 31.3 Å². The van der Waals surface area contributed by atoms with Crippen molar-refractivity contribution in [2.24, 2.45) is 0 Å².